The summed E-state index contributed by atoms with van der Waals surface area (Å²) in [6, 6.07) is 5.17. The van der Waals surface area contributed by atoms with Crippen LogP contribution < -0.4 is 10.1 Å². The minimum absolute atomic E-state index is 0.235. The van der Waals surface area contributed by atoms with Gasteiger partial charge in [0.05, 0.1) is 22.7 Å². The van der Waals surface area contributed by atoms with Crippen molar-refractivity contribution in [1.82, 2.24) is 0 Å². The number of carbonyl (C=O) groups excluding carboxylic acids is 1. The summed E-state index contributed by atoms with van der Waals surface area (Å²) in [5.41, 5.74) is -0.251. The maximum absolute atomic E-state index is 12.2. The average Bonchev–Trinajstić information content (AvgIpc) is 2.84. The first-order chi connectivity index (χ1) is 8.82. The molecule has 0 heterocycles. The van der Waals surface area contributed by atoms with Crippen LogP contribution in [0.2, 0.25) is 5.02 Å². The number of carbonyl (C=O) groups is 1. The number of alkyl halides is 2. The molecule has 1 atom stereocenters. The predicted octanol–water partition coefficient (Wildman–Crippen LogP) is 4.26. The molecule has 0 aromatic heterocycles. The number of ether oxygens (including phenoxy) is 1. The first-order valence-electron chi connectivity index (χ1n) is 5.92. The molecule has 6 heteroatoms. The molecular weight excluding hydrogens is 309 g/mol. The Bertz CT molecular complexity index is 519. The maximum atomic E-state index is 12.2. The van der Waals surface area contributed by atoms with E-state index in [9.17, 15) is 4.79 Å². The fourth-order valence-corrected chi connectivity index (χ4v) is 2.74. The Balaban J connectivity index is 2.20. The summed E-state index contributed by atoms with van der Waals surface area (Å²) in [5.74, 6) is 0.222. The largest absolute Gasteiger partial charge is 0.490 e. The molecule has 0 bridgehead atoms. The molecule has 1 amide bonds. The Labute approximate surface area is 127 Å². The summed E-state index contributed by atoms with van der Waals surface area (Å²) in [6.45, 7) is 4.03. The standard InChI is InChI=1S/C13H14Cl3NO2/c1-3-19-10-8(14)5-4-6-9(10)17-11(18)12(2)7-13(12,15)16/h4-6H,3,7H2,1-2H3,(H,17,18). The fourth-order valence-electron chi connectivity index (χ4n) is 1.80. The summed E-state index contributed by atoms with van der Waals surface area (Å²) in [4.78, 5) is 12.2. The van der Waals surface area contributed by atoms with Crippen LogP contribution in [0.5, 0.6) is 5.75 Å². The quantitative estimate of drug-likeness (QED) is 0.841. The van der Waals surface area contributed by atoms with Crippen molar-refractivity contribution >= 4 is 46.4 Å². The van der Waals surface area contributed by atoms with Crippen molar-refractivity contribution in [2.24, 2.45) is 5.41 Å². The molecule has 1 saturated carbocycles. The summed E-state index contributed by atoms with van der Waals surface area (Å²) < 4.78 is 4.44. The molecule has 0 spiro atoms. The average molecular weight is 323 g/mol. The van der Waals surface area contributed by atoms with Gasteiger partial charge < -0.3 is 10.1 Å². The summed E-state index contributed by atoms with van der Waals surface area (Å²) in [5, 5.41) is 3.22. The normalized spacial score (nSPS) is 23.8. The molecule has 1 aromatic carbocycles. The van der Waals surface area contributed by atoms with Crippen LogP contribution in [-0.2, 0) is 4.79 Å². The molecule has 1 fully saturated rings. The van der Waals surface area contributed by atoms with E-state index in [0.29, 0.717) is 29.5 Å². The van der Waals surface area contributed by atoms with Crippen LogP contribution in [0.15, 0.2) is 18.2 Å². The van der Waals surface area contributed by atoms with Gasteiger partial charge in [-0.3, -0.25) is 4.79 Å². The summed E-state index contributed by atoms with van der Waals surface area (Å²) >= 11 is 18.0. The second kappa shape index (κ2) is 5.04. The van der Waals surface area contributed by atoms with E-state index in [4.69, 9.17) is 39.5 Å². The van der Waals surface area contributed by atoms with E-state index in [0.717, 1.165) is 0 Å². The molecule has 1 aliphatic carbocycles. The molecule has 19 heavy (non-hydrogen) atoms. The highest BCUT2D eigenvalue weighted by atomic mass is 35.5. The first kappa shape index (κ1) is 14.8. The van der Waals surface area contributed by atoms with Gasteiger partial charge in [0.1, 0.15) is 4.33 Å². The van der Waals surface area contributed by atoms with Crippen molar-refractivity contribution in [2.75, 3.05) is 11.9 Å². The predicted molar refractivity (Wildman–Crippen MR) is 78.4 cm³/mol. The molecule has 0 radical (unpaired) electrons. The molecule has 1 aromatic rings. The van der Waals surface area contributed by atoms with Crippen LogP contribution in [-0.4, -0.2) is 16.8 Å². The highest BCUT2D eigenvalue weighted by molar-refractivity contribution is 6.53. The van der Waals surface area contributed by atoms with Crippen LogP contribution in [0.3, 0.4) is 0 Å². The Hall–Kier alpha value is -0.640. The molecule has 104 valence electrons. The second-order valence-corrected chi connectivity index (χ2v) is 6.61. The Morgan fingerprint density at radius 2 is 2.11 bits per heavy atom. The van der Waals surface area contributed by atoms with Gasteiger partial charge in [-0.25, -0.2) is 0 Å². The van der Waals surface area contributed by atoms with Crippen molar-refractivity contribution in [2.45, 2.75) is 24.6 Å². The Morgan fingerprint density at radius 1 is 1.47 bits per heavy atom. The number of halogens is 3. The zero-order chi connectivity index (χ0) is 14.3. The Morgan fingerprint density at radius 3 is 2.63 bits per heavy atom. The number of para-hydroxylation sites is 1. The third kappa shape index (κ3) is 2.64. The van der Waals surface area contributed by atoms with Crippen LogP contribution in [0.1, 0.15) is 20.3 Å². The molecule has 1 unspecified atom stereocenters. The van der Waals surface area contributed by atoms with Crippen LogP contribution in [0.25, 0.3) is 0 Å². The van der Waals surface area contributed by atoms with Gasteiger partial charge in [-0.2, -0.15) is 0 Å². The minimum Gasteiger partial charge on any atom is -0.490 e. The minimum atomic E-state index is -0.999. The van der Waals surface area contributed by atoms with E-state index in [1.54, 1.807) is 25.1 Å². The topological polar surface area (TPSA) is 38.3 Å². The van der Waals surface area contributed by atoms with Gasteiger partial charge in [0.25, 0.3) is 0 Å². The molecule has 1 N–H and O–H groups in total. The van der Waals surface area contributed by atoms with Gasteiger partial charge in [-0.05, 0) is 32.4 Å². The third-order valence-electron chi connectivity index (χ3n) is 3.26. The highest BCUT2D eigenvalue weighted by Crippen LogP contribution is 2.64. The second-order valence-electron chi connectivity index (χ2n) is 4.72. The van der Waals surface area contributed by atoms with E-state index in [1.807, 2.05) is 6.92 Å². The molecule has 3 nitrogen and oxygen atoms in total. The van der Waals surface area contributed by atoms with E-state index in [1.165, 1.54) is 0 Å². The van der Waals surface area contributed by atoms with Crippen molar-refractivity contribution in [3.05, 3.63) is 23.2 Å². The van der Waals surface area contributed by atoms with Crippen molar-refractivity contribution in [1.29, 1.82) is 0 Å². The molecule has 2 rings (SSSR count). The first-order valence-corrected chi connectivity index (χ1v) is 7.06. The van der Waals surface area contributed by atoms with Gasteiger partial charge >= 0.3 is 0 Å². The lowest BCUT2D eigenvalue weighted by atomic mass is 10.1. The lowest BCUT2D eigenvalue weighted by molar-refractivity contribution is -0.120. The van der Waals surface area contributed by atoms with Gasteiger partial charge in [0, 0.05) is 0 Å². The number of nitrogens with one attached hydrogen (secondary N) is 1. The number of amides is 1. The number of anilines is 1. The molecular formula is C13H14Cl3NO2. The van der Waals surface area contributed by atoms with Crippen molar-refractivity contribution in [3.63, 3.8) is 0 Å². The van der Waals surface area contributed by atoms with Crippen LogP contribution >= 0.6 is 34.8 Å². The van der Waals surface area contributed by atoms with Gasteiger partial charge in [-0.1, -0.05) is 17.7 Å². The monoisotopic (exact) mass is 321 g/mol. The number of rotatable bonds is 4. The molecule has 0 saturated heterocycles. The SMILES string of the molecule is CCOc1c(Cl)cccc1NC(=O)C1(C)CC1(Cl)Cl. The maximum Gasteiger partial charge on any atom is 0.233 e. The number of hydrogen-bond donors (Lipinski definition) is 1. The van der Waals surface area contributed by atoms with Crippen molar-refractivity contribution < 1.29 is 9.53 Å². The van der Waals surface area contributed by atoms with Gasteiger partial charge in [0.15, 0.2) is 5.75 Å². The van der Waals surface area contributed by atoms with E-state index < -0.39 is 9.75 Å². The smallest absolute Gasteiger partial charge is 0.233 e. The fraction of sp³-hybridized carbons (Fsp3) is 0.462. The Kier molecular flexibility index (Phi) is 3.92. The van der Waals surface area contributed by atoms with Crippen molar-refractivity contribution in [3.8, 4) is 5.75 Å². The third-order valence-corrected chi connectivity index (χ3v) is 4.66. The van der Waals surface area contributed by atoms with E-state index in [2.05, 4.69) is 5.32 Å². The highest BCUT2D eigenvalue weighted by Gasteiger charge is 2.67. The van der Waals surface area contributed by atoms with Crippen LogP contribution in [0, 0.1) is 5.41 Å². The zero-order valence-corrected chi connectivity index (χ0v) is 12.9. The lowest BCUT2D eigenvalue weighted by Crippen LogP contribution is -2.26. The zero-order valence-electron chi connectivity index (χ0n) is 10.6. The van der Waals surface area contributed by atoms with Crippen LogP contribution in [0.4, 0.5) is 5.69 Å². The number of hydrogen-bond acceptors (Lipinski definition) is 2. The van der Waals surface area contributed by atoms with E-state index >= 15 is 0 Å². The number of benzene rings is 1. The molecule has 1 aliphatic rings. The van der Waals surface area contributed by atoms with E-state index in [-0.39, 0.29) is 5.91 Å². The molecule has 0 aliphatic heterocycles. The summed E-state index contributed by atoms with van der Waals surface area (Å²) in [7, 11) is 0. The summed E-state index contributed by atoms with van der Waals surface area (Å²) in [6.07, 6.45) is 0.430. The van der Waals surface area contributed by atoms with Gasteiger partial charge in [-0.15, -0.1) is 23.2 Å². The van der Waals surface area contributed by atoms with Gasteiger partial charge in [0.2, 0.25) is 5.91 Å². The lowest BCUT2D eigenvalue weighted by Gasteiger charge is -2.16.